The van der Waals surface area contributed by atoms with E-state index in [1.54, 1.807) is 24.3 Å². The molecule has 1 rings (SSSR count). The molecular formula is C12H16N4O. The van der Waals surface area contributed by atoms with Gasteiger partial charge in [-0.25, -0.2) is 4.79 Å². The monoisotopic (exact) mass is 232 g/mol. The van der Waals surface area contributed by atoms with Crippen molar-refractivity contribution in [2.24, 2.45) is 5.73 Å². The molecule has 5 nitrogen and oxygen atoms in total. The minimum absolute atomic E-state index is 0.0200. The van der Waals surface area contributed by atoms with Gasteiger partial charge in [-0.05, 0) is 30.7 Å². The molecule has 0 aromatic heterocycles. The molecule has 5 heteroatoms. The average Bonchev–Trinajstić information content (AvgIpc) is 2.37. The van der Waals surface area contributed by atoms with Crippen LogP contribution in [-0.2, 0) is 0 Å². The lowest BCUT2D eigenvalue weighted by Gasteiger charge is -2.15. The maximum Gasteiger partial charge on any atom is 0.319 e. The van der Waals surface area contributed by atoms with Crippen LogP contribution >= 0.6 is 0 Å². The minimum Gasteiger partial charge on any atom is -0.334 e. The molecule has 2 amide bonds. The number of urea groups is 1. The molecule has 1 unspecified atom stereocenters. The second-order valence-electron chi connectivity index (χ2n) is 3.63. The molecule has 0 radical (unpaired) electrons. The highest BCUT2D eigenvalue weighted by molar-refractivity contribution is 5.89. The van der Waals surface area contributed by atoms with E-state index in [0.29, 0.717) is 17.8 Å². The fourth-order valence-corrected chi connectivity index (χ4v) is 1.31. The van der Waals surface area contributed by atoms with Gasteiger partial charge in [0.15, 0.2) is 0 Å². The summed E-state index contributed by atoms with van der Waals surface area (Å²) in [4.78, 5) is 11.6. The van der Waals surface area contributed by atoms with Gasteiger partial charge in [0.25, 0.3) is 0 Å². The van der Waals surface area contributed by atoms with Crippen LogP contribution in [0.3, 0.4) is 0 Å². The van der Waals surface area contributed by atoms with Crippen LogP contribution in [0.15, 0.2) is 24.3 Å². The SMILES string of the molecule is CCC(CN)NC(=O)Nc1ccc(C#N)cc1. The molecule has 0 aliphatic carbocycles. The first-order chi connectivity index (χ1) is 8.19. The normalized spacial score (nSPS) is 11.4. The van der Waals surface area contributed by atoms with Crippen molar-refractivity contribution in [3.05, 3.63) is 29.8 Å². The van der Waals surface area contributed by atoms with Crippen molar-refractivity contribution in [2.75, 3.05) is 11.9 Å². The van der Waals surface area contributed by atoms with Gasteiger partial charge in [0.2, 0.25) is 0 Å². The van der Waals surface area contributed by atoms with E-state index in [4.69, 9.17) is 11.0 Å². The quantitative estimate of drug-likeness (QED) is 0.733. The van der Waals surface area contributed by atoms with E-state index < -0.39 is 0 Å². The molecule has 4 N–H and O–H groups in total. The van der Waals surface area contributed by atoms with Crippen LogP contribution in [0.5, 0.6) is 0 Å². The first-order valence-corrected chi connectivity index (χ1v) is 5.47. The van der Waals surface area contributed by atoms with Gasteiger partial charge < -0.3 is 16.4 Å². The Bertz CT molecular complexity index is 404. The van der Waals surface area contributed by atoms with Crippen LogP contribution in [-0.4, -0.2) is 18.6 Å². The summed E-state index contributed by atoms with van der Waals surface area (Å²) in [5.74, 6) is 0. The molecule has 0 spiro atoms. The zero-order chi connectivity index (χ0) is 12.7. The van der Waals surface area contributed by atoms with E-state index in [1.807, 2.05) is 13.0 Å². The third-order valence-corrected chi connectivity index (χ3v) is 2.38. The summed E-state index contributed by atoms with van der Waals surface area (Å²) in [5.41, 5.74) is 6.69. The van der Waals surface area contributed by atoms with Crippen LogP contribution in [0.2, 0.25) is 0 Å². The average molecular weight is 232 g/mol. The Hall–Kier alpha value is -2.06. The number of amides is 2. The Kier molecular flexibility index (Phi) is 4.98. The molecule has 1 aromatic carbocycles. The van der Waals surface area contributed by atoms with Crippen LogP contribution in [0, 0.1) is 11.3 Å². The molecule has 0 saturated carbocycles. The van der Waals surface area contributed by atoms with Crippen molar-refractivity contribution in [1.29, 1.82) is 5.26 Å². The van der Waals surface area contributed by atoms with E-state index in [1.165, 1.54) is 0 Å². The highest BCUT2D eigenvalue weighted by Crippen LogP contribution is 2.08. The number of nitrogens with two attached hydrogens (primary N) is 1. The Labute approximate surface area is 101 Å². The number of nitrogens with zero attached hydrogens (tertiary/aromatic N) is 1. The van der Waals surface area contributed by atoms with Crippen LogP contribution in [0.1, 0.15) is 18.9 Å². The van der Waals surface area contributed by atoms with Crippen LogP contribution in [0.4, 0.5) is 10.5 Å². The molecule has 17 heavy (non-hydrogen) atoms. The predicted octanol–water partition coefficient (Wildman–Crippen LogP) is 1.42. The second kappa shape index (κ2) is 6.51. The lowest BCUT2D eigenvalue weighted by atomic mass is 10.2. The number of nitrogens with one attached hydrogen (secondary N) is 2. The first kappa shape index (κ1) is 13.0. The van der Waals surface area contributed by atoms with Gasteiger partial charge >= 0.3 is 6.03 Å². The molecule has 0 bridgehead atoms. The van der Waals surface area contributed by atoms with E-state index in [0.717, 1.165) is 6.42 Å². The maximum absolute atomic E-state index is 11.6. The van der Waals surface area contributed by atoms with Gasteiger partial charge in [-0.3, -0.25) is 0 Å². The number of carbonyl (C=O) groups excluding carboxylic acids is 1. The van der Waals surface area contributed by atoms with Crippen molar-refractivity contribution < 1.29 is 4.79 Å². The maximum atomic E-state index is 11.6. The smallest absolute Gasteiger partial charge is 0.319 e. The van der Waals surface area contributed by atoms with Gasteiger partial charge in [-0.15, -0.1) is 0 Å². The number of hydrogen-bond acceptors (Lipinski definition) is 3. The van der Waals surface area contributed by atoms with Gasteiger partial charge in [0.1, 0.15) is 0 Å². The lowest BCUT2D eigenvalue weighted by molar-refractivity contribution is 0.248. The zero-order valence-electron chi connectivity index (χ0n) is 9.73. The molecule has 0 saturated heterocycles. The highest BCUT2D eigenvalue weighted by atomic mass is 16.2. The van der Waals surface area contributed by atoms with Crippen molar-refractivity contribution in [3.8, 4) is 6.07 Å². The number of nitriles is 1. The van der Waals surface area contributed by atoms with E-state index >= 15 is 0 Å². The van der Waals surface area contributed by atoms with Gasteiger partial charge in [-0.1, -0.05) is 6.92 Å². The summed E-state index contributed by atoms with van der Waals surface area (Å²) in [6.45, 7) is 2.37. The first-order valence-electron chi connectivity index (χ1n) is 5.47. The number of carbonyl (C=O) groups is 1. The summed E-state index contributed by atoms with van der Waals surface area (Å²) in [6, 6.07) is 8.37. The molecular weight excluding hydrogens is 216 g/mol. The fourth-order valence-electron chi connectivity index (χ4n) is 1.31. The third-order valence-electron chi connectivity index (χ3n) is 2.38. The van der Waals surface area contributed by atoms with Crippen molar-refractivity contribution in [1.82, 2.24) is 5.32 Å². The second-order valence-corrected chi connectivity index (χ2v) is 3.63. The van der Waals surface area contributed by atoms with Crippen LogP contribution < -0.4 is 16.4 Å². The Morgan fingerprint density at radius 2 is 2.12 bits per heavy atom. The fraction of sp³-hybridized carbons (Fsp3) is 0.333. The largest absolute Gasteiger partial charge is 0.334 e. The van der Waals surface area contributed by atoms with Gasteiger partial charge in [0, 0.05) is 18.3 Å². The van der Waals surface area contributed by atoms with E-state index in [9.17, 15) is 4.79 Å². The molecule has 1 atom stereocenters. The summed E-state index contributed by atoms with van der Waals surface area (Å²) < 4.78 is 0. The third kappa shape index (κ3) is 4.13. The van der Waals surface area contributed by atoms with Gasteiger partial charge in [-0.2, -0.15) is 5.26 Å². The number of hydrogen-bond donors (Lipinski definition) is 3. The molecule has 0 aliphatic rings. The Morgan fingerprint density at radius 1 is 1.47 bits per heavy atom. The van der Waals surface area contributed by atoms with Gasteiger partial charge in [0.05, 0.1) is 11.6 Å². The minimum atomic E-state index is -0.285. The lowest BCUT2D eigenvalue weighted by Crippen LogP contribution is -2.41. The number of benzene rings is 1. The summed E-state index contributed by atoms with van der Waals surface area (Å²) in [7, 11) is 0. The topological polar surface area (TPSA) is 90.9 Å². The molecule has 0 heterocycles. The zero-order valence-corrected chi connectivity index (χ0v) is 9.73. The van der Waals surface area contributed by atoms with Crippen molar-refractivity contribution >= 4 is 11.7 Å². The van der Waals surface area contributed by atoms with Crippen molar-refractivity contribution in [2.45, 2.75) is 19.4 Å². The Balaban J connectivity index is 2.53. The standard InChI is InChI=1S/C12H16N4O/c1-2-10(8-14)15-12(17)16-11-5-3-9(7-13)4-6-11/h3-6,10H,2,8,14H2,1H3,(H2,15,16,17). The van der Waals surface area contributed by atoms with Crippen LogP contribution in [0.25, 0.3) is 0 Å². The number of anilines is 1. The molecule has 90 valence electrons. The number of rotatable bonds is 4. The molecule has 0 fully saturated rings. The molecule has 1 aromatic rings. The van der Waals surface area contributed by atoms with Crippen molar-refractivity contribution in [3.63, 3.8) is 0 Å². The van der Waals surface area contributed by atoms with E-state index in [2.05, 4.69) is 10.6 Å². The highest BCUT2D eigenvalue weighted by Gasteiger charge is 2.07. The van der Waals surface area contributed by atoms with E-state index in [-0.39, 0.29) is 12.1 Å². The molecule has 0 aliphatic heterocycles. The predicted molar refractivity (Wildman–Crippen MR) is 66.4 cm³/mol. The summed E-state index contributed by atoms with van der Waals surface area (Å²) >= 11 is 0. The summed E-state index contributed by atoms with van der Waals surface area (Å²) in [5, 5.41) is 14.1. The Morgan fingerprint density at radius 3 is 2.59 bits per heavy atom. The summed E-state index contributed by atoms with van der Waals surface area (Å²) in [6.07, 6.45) is 0.789.